The van der Waals surface area contributed by atoms with Crippen molar-refractivity contribution in [2.24, 2.45) is 0 Å². The Hall–Kier alpha value is -2.11. The van der Waals surface area contributed by atoms with Gasteiger partial charge >= 0.3 is 0 Å². The fourth-order valence-corrected chi connectivity index (χ4v) is 2.43. The molecule has 1 atom stereocenters. The Bertz CT molecular complexity index is 708. The molecule has 0 radical (unpaired) electrons. The molecule has 0 spiro atoms. The minimum atomic E-state index is -0.434. The molecule has 0 fully saturated rings. The molecule has 2 rings (SSSR count). The van der Waals surface area contributed by atoms with Gasteiger partial charge in [0.1, 0.15) is 0 Å². The van der Waals surface area contributed by atoms with Gasteiger partial charge in [0.25, 0.3) is 5.91 Å². The molecule has 23 heavy (non-hydrogen) atoms. The second kappa shape index (κ2) is 7.94. The lowest BCUT2D eigenvalue weighted by Gasteiger charge is -2.14. The normalized spacial score (nSPS) is 11.6. The Morgan fingerprint density at radius 2 is 2.04 bits per heavy atom. The zero-order valence-corrected chi connectivity index (χ0v) is 13.9. The SMILES string of the molecule is CC(NC(=O)CNC(=O)c1ccc(Cl)cc1Cl)c1cccnc1. The summed E-state index contributed by atoms with van der Waals surface area (Å²) in [6, 6.07) is 8.00. The van der Waals surface area contributed by atoms with Crippen molar-refractivity contribution in [2.45, 2.75) is 13.0 Å². The molecule has 1 unspecified atom stereocenters. The van der Waals surface area contributed by atoms with E-state index in [0.717, 1.165) is 5.56 Å². The van der Waals surface area contributed by atoms with E-state index in [-0.39, 0.29) is 29.1 Å². The molecule has 2 amide bonds. The van der Waals surface area contributed by atoms with Gasteiger partial charge in [0.2, 0.25) is 5.91 Å². The third kappa shape index (κ3) is 4.94. The topological polar surface area (TPSA) is 71.1 Å². The number of amides is 2. The summed E-state index contributed by atoms with van der Waals surface area (Å²) in [4.78, 5) is 27.9. The molecule has 1 aromatic carbocycles. The third-order valence-corrected chi connectivity index (χ3v) is 3.69. The van der Waals surface area contributed by atoms with Crippen molar-refractivity contribution in [2.75, 3.05) is 6.54 Å². The molecule has 2 aromatic rings. The average Bonchev–Trinajstić information content (AvgIpc) is 2.53. The predicted octanol–water partition coefficient (Wildman–Crippen LogP) is 3.00. The molecule has 0 saturated heterocycles. The lowest BCUT2D eigenvalue weighted by atomic mass is 10.1. The summed E-state index contributed by atoms with van der Waals surface area (Å²) < 4.78 is 0. The van der Waals surface area contributed by atoms with E-state index in [0.29, 0.717) is 5.02 Å². The van der Waals surface area contributed by atoms with Crippen LogP contribution >= 0.6 is 23.2 Å². The van der Waals surface area contributed by atoms with Crippen molar-refractivity contribution in [1.29, 1.82) is 0 Å². The van der Waals surface area contributed by atoms with Gasteiger partial charge in [-0.3, -0.25) is 14.6 Å². The number of rotatable bonds is 5. The third-order valence-electron chi connectivity index (χ3n) is 3.15. The van der Waals surface area contributed by atoms with Crippen molar-refractivity contribution < 1.29 is 9.59 Å². The zero-order valence-electron chi connectivity index (χ0n) is 12.3. The van der Waals surface area contributed by atoms with E-state index in [4.69, 9.17) is 23.2 Å². The molecule has 5 nitrogen and oxygen atoms in total. The maximum absolute atomic E-state index is 12.0. The lowest BCUT2D eigenvalue weighted by molar-refractivity contribution is -0.120. The molecular weight excluding hydrogens is 337 g/mol. The minimum Gasteiger partial charge on any atom is -0.348 e. The summed E-state index contributed by atoms with van der Waals surface area (Å²) in [7, 11) is 0. The molecule has 0 aliphatic carbocycles. The summed E-state index contributed by atoms with van der Waals surface area (Å²) in [6.07, 6.45) is 3.34. The van der Waals surface area contributed by atoms with Crippen LogP contribution in [0.25, 0.3) is 0 Å². The molecule has 0 saturated carbocycles. The first-order valence-corrected chi connectivity index (χ1v) is 7.65. The number of hydrogen-bond acceptors (Lipinski definition) is 3. The van der Waals surface area contributed by atoms with Crippen LogP contribution in [0.1, 0.15) is 28.9 Å². The number of pyridine rings is 1. The standard InChI is InChI=1S/C16H15Cl2N3O2/c1-10(11-3-2-6-19-8-11)21-15(22)9-20-16(23)13-5-4-12(17)7-14(13)18/h2-8,10H,9H2,1H3,(H,20,23)(H,21,22). The monoisotopic (exact) mass is 351 g/mol. The summed E-state index contributed by atoms with van der Waals surface area (Å²) in [6.45, 7) is 1.69. The summed E-state index contributed by atoms with van der Waals surface area (Å²) >= 11 is 11.7. The Kier molecular flexibility index (Phi) is 5.96. The molecule has 0 bridgehead atoms. The van der Waals surface area contributed by atoms with Crippen molar-refractivity contribution in [3.63, 3.8) is 0 Å². The number of aromatic nitrogens is 1. The summed E-state index contributed by atoms with van der Waals surface area (Å²) in [5.41, 5.74) is 1.15. The Morgan fingerprint density at radius 1 is 1.26 bits per heavy atom. The molecule has 1 aromatic heterocycles. The van der Waals surface area contributed by atoms with Gasteiger partial charge in [-0.1, -0.05) is 29.3 Å². The second-order valence-electron chi connectivity index (χ2n) is 4.88. The van der Waals surface area contributed by atoms with Gasteiger partial charge in [0.15, 0.2) is 0 Å². The van der Waals surface area contributed by atoms with Crippen LogP contribution in [0, 0.1) is 0 Å². The summed E-state index contributed by atoms with van der Waals surface area (Å²) in [5, 5.41) is 5.98. The van der Waals surface area contributed by atoms with Crippen LogP contribution in [0.5, 0.6) is 0 Å². The first kappa shape index (κ1) is 17.2. The van der Waals surface area contributed by atoms with Crippen molar-refractivity contribution in [3.05, 3.63) is 63.9 Å². The highest BCUT2D eigenvalue weighted by Crippen LogP contribution is 2.20. The quantitative estimate of drug-likeness (QED) is 0.869. The van der Waals surface area contributed by atoms with E-state index < -0.39 is 5.91 Å². The van der Waals surface area contributed by atoms with Crippen molar-refractivity contribution in [3.8, 4) is 0 Å². The van der Waals surface area contributed by atoms with Crippen LogP contribution in [0.3, 0.4) is 0 Å². The highest BCUT2D eigenvalue weighted by atomic mass is 35.5. The van der Waals surface area contributed by atoms with E-state index in [9.17, 15) is 9.59 Å². The molecular formula is C16H15Cl2N3O2. The van der Waals surface area contributed by atoms with Crippen molar-refractivity contribution >= 4 is 35.0 Å². The molecule has 2 N–H and O–H groups in total. The fraction of sp³-hybridized carbons (Fsp3) is 0.188. The van der Waals surface area contributed by atoms with E-state index in [1.54, 1.807) is 24.5 Å². The number of carbonyl (C=O) groups is 2. The lowest BCUT2D eigenvalue weighted by Crippen LogP contribution is -2.38. The van der Waals surface area contributed by atoms with E-state index in [1.165, 1.54) is 12.1 Å². The van der Waals surface area contributed by atoms with Gasteiger partial charge in [0.05, 0.1) is 23.2 Å². The predicted molar refractivity (Wildman–Crippen MR) is 89.6 cm³/mol. The van der Waals surface area contributed by atoms with Crippen LogP contribution in [0.4, 0.5) is 0 Å². The highest BCUT2D eigenvalue weighted by molar-refractivity contribution is 6.36. The molecule has 120 valence electrons. The first-order chi connectivity index (χ1) is 11.0. The maximum Gasteiger partial charge on any atom is 0.253 e. The van der Waals surface area contributed by atoms with E-state index in [2.05, 4.69) is 15.6 Å². The first-order valence-electron chi connectivity index (χ1n) is 6.90. The second-order valence-corrected chi connectivity index (χ2v) is 5.73. The highest BCUT2D eigenvalue weighted by Gasteiger charge is 2.13. The Morgan fingerprint density at radius 3 is 2.70 bits per heavy atom. The average molecular weight is 352 g/mol. The van der Waals surface area contributed by atoms with Crippen LogP contribution in [0.15, 0.2) is 42.7 Å². The van der Waals surface area contributed by atoms with Gasteiger partial charge in [0, 0.05) is 17.4 Å². The minimum absolute atomic E-state index is 0.150. The number of carbonyl (C=O) groups excluding carboxylic acids is 2. The number of nitrogens with zero attached hydrogens (tertiary/aromatic N) is 1. The number of halogens is 2. The molecule has 1 heterocycles. The van der Waals surface area contributed by atoms with Crippen molar-refractivity contribution in [1.82, 2.24) is 15.6 Å². The van der Waals surface area contributed by atoms with Gasteiger partial charge in [-0.05, 0) is 36.8 Å². The number of nitrogens with one attached hydrogen (secondary N) is 2. The molecule has 0 aliphatic heterocycles. The van der Waals surface area contributed by atoms with E-state index in [1.807, 2.05) is 13.0 Å². The molecule has 0 aliphatic rings. The van der Waals surface area contributed by atoms with E-state index >= 15 is 0 Å². The van der Waals surface area contributed by atoms with Crippen LogP contribution in [0.2, 0.25) is 10.0 Å². The molecule has 7 heteroatoms. The summed E-state index contributed by atoms with van der Waals surface area (Å²) in [5.74, 6) is -0.740. The number of benzene rings is 1. The van der Waals surface area contributed by atoms with Gasteiger partial charge in [-0.25, -0.2) is 0 Å². The number of hydrogen-bond donors (Lipinski definition) is 2. The van der Waals surface area contributed by atoms with Crippen LogP contribution < -0.4 is 10.6 Å². The zero-order chi connectivity index (χ0) is 16.8. The largest absolute Gasteiger partial charge is 0.348 e. The van der Waals surface area contributed by atoms with Crippen LogP contribution in [-0.4, -0.2) is 23.3 Å². The smallest absolute Gasteiger partial charge is 0.253 e. The van der Waals surface area contributed by atoms with Crippen LogP contribution in [-0.2, 0) is 4.79 Å². The van der Waals surface area contributed by atoms with Gasteiger partial charge in [-0.15, -0.1) is 0 Å². The maximum atomic E-state index is 12.0. The Labute approximate surface area is 144 Å². The van der Waals surface area contributed by atoms with Gasteiger partial charge < -0.3 is 10.6 Å². The van der Waals surface area contributed by atoms with Gasteiger partial charge in [-0.2, -0.15) is 0 Å². The fourth-order valence-electron chi connectivity index (χ4n) is 1.94. The Balaban J connectivity index is 1.88.